The highest BCUT2D eigenvalue weighted by atomic mass is 16.5. The summed E-state index contributed by atoms with van der Waals surface area (Å²) in [5.74, 6) is 1.48. The highest BCUT2D eigenvalue weighted by Gasteiger charge is 2.15. The lowest BCUT2D eigenvalue weighted by atomic mass is 9.98. The van der Waals surface area contributed by atoms with Gasteiger partial charge in [0.1, 0.15) is 5.82 Å². The number of H-pyrrole nitrogens is 1. The number of methoxy groups -OCH3 is 1. The summed E-state index contributed by atoms with van der Waals surface area (Å²) >= 11 is 0. The van der Waals surface area contributed by atoms with Crippen LogP contribution in [0.1, 0.15) is 37.7 Å². The number of rotatable bonds is 7. The molecule has 0 spiro atoms. The van der Waals surface area contributed by atoms with E-state index in [4.69, 9.17) is 4.74 Å². The molecule has 2 aromatic carbocycles. The summed E-state index contributed by atoms with van der Waals surface area (Å²) in [6, 6.07) is 17.2. The Morgan fingerprint density at radius 1 is 1.07 bits per heavy atom. The van der Waals surface area contributed by atoms with E-state index in [0.29, 0.717) is 18.3 Å². The van der Waals surface area contributed by atoms with E-state index in [9.17, 15) is 0 Å². The van der Waals surface area contributed by atoms with Crippen LogP contribution in [0.4, 0.5) is 0 Å². The van der Waals surface area contributed by atoms with Crippen LogP contribution in [-0.4, -0.2) is 42.5 Å². The van der Waals surface area contributed by atoms with Crippen molar-refractivity contribution in [3.8, 4) is 28.5 Å². The summed E-state index contributed by atoms with van der Waals surface area (Å²) in [5, 5.41) is 18.9. The van der Waals surface area contributed by atoms with Crippen LogP contribution in [0.15, 0.2) is 48.5 Å². The first kappa shape index (κ1) is 18.8. The van der Waals surface area contributed by atoms with E-state index in [2.05, 4.69) is 74.9 Å². The van der Waals surface area contributed by atoms with Gasteiger partial charge in [0, 0.05) is 12.0 Å². The van der Waals surface area contributed by atoms with Gasteiger partial charge in [0.2, 0.25) is 5.82 Å². The second-order valence-electron chi connectivity index (χ2n) is 6.87. The molecule has 4 aromatic rings. The molecular formula is C21H23N7O. The molecule has 0 radical (unpaired) electrons. The highest BCUT2D eigenvalue weighted by molar-refractivity contribution is 5.80. The fourth-order valence-corrected chi connectivity index (χ4v) is 3.26. The van der Waals surface area contributed by atoms with Crippen molar-refractivity contribution in [1.29, 1.82) is 0 Å². The van der Waals surface area contributed by atoms with Crippen molar-refractivity contribution in [3.63, 3.8) is 0 Å². The molecule has 1 N–H and O–H groups in total. The van der Waals surface area contributed by atoms with Gasteiger partial charge in [-0.1, -0.05) is 55.5 Å². The number of aromatic nitrogens is 7. The zero-order valence-electron chi connectivity index (χ0n) is 16.7. The van der Waals surface area contributed by atoms with Gasteiger partial charge in [-0.3, -0.25) is 0 Å². The zero-order chi connectivity index (χ0) is 20.2. The molecule has 148 valence electrons. The average Bonchev–Trinajstić information content (AvgIpc) is 3.44. The summed E-state index contributed by atoms with van der Waals surface area (Å²) < 4.78 is 7.19. The molecule has 0 aliphatic carbocycles. The Bertz CT molecular complexity index is 1070. The van der Waals surface area contributed by atoms with E-state index < -0.39 is 0 Å². The van der Waals surface area contributed by atoms with Crippen molar-refractivity contribution >= 4 is 0 Å². The fourth-order valence-electron chi connectivity index (χ4n) is 3.26. The minimum atomic E-state index is 0.266. The second kappa shape index (κ2) is 8.22. The molecule has 4 rings (SSSR count). The SMILES string of the molecule is CCC(C)n1nc(OC)nc1Cc1ccc(-c2ccccc2-c2nn[nH]n2)cc1. The van der Waals surface area contributed by atoms with E-state index in [0.717, 1.165) is 34.5 Å². The normalized spacial score (nSPS) is 12.1. The number of nitrogens with one attached hydrogen (secondary N) is 1. The van der Waals surface area contributed by atoms with Gasteiger partial charge in [-0.15, -0.1) is 15.3 Å². The number of ether oxygens (including phenoxy) is 1. The van der Waals surface area contributed by atoms with Crippen LogP contribution in [0.5, 0.6) is 6.01 Å². The van der Waals surface area contributed by atoms with E-state index in [1.165, 1.54) is 0 Å². The van der Waals surface area contributed by atoms with E-state index >= 15 is 0 Å². The van der Waals surface area contributed by atoms with E-state index in [1.807, 2.05) is 22.9 Å². The third-order valence-corrected chi connectivity index (χ3v) is 5.01. The average molecular weight is 389 g/mol. The minimum Gasteiger partial charge on any atom is -0.466 e. The van der Waals surface area contributed by atoms with Crippen molar-refractivity contribution in [1.82, 2.24) is 35.4 Å². The maximum Gasteiger partial charge on any atom is 0.335 e. The predicted molar refractivity (Wildman–Crippen MR) is 109 cm³/mol. The standard InChI is InChI=1S/C21H23N7O/c1-4-14(2)28-19(22-21(25-28)29-3)13-15-9-11-16(12-10-15)17-7-5-6-8-18(17)20-23-26-27-24-20/h5-12,14H,4,13H2,1-3H3,(H,23,24,26,27). The number of aromatic amines is 1. The highest BCUT2D eigenvalue weighted by Crippen LogP contribution is 2.30. The maximum absolute atomic E-state index is 5.23. The molecule has 0 aliphatic rings. The molecular weight excluding hydrogens is 366 g/mol. The molecule has 2 heterocycles. The van der Waals surface area contributed by atoms with E-state index in [1.54, 1.807) is 7.11 Å². The van der Waals surface area contributed by atoms with Gasteiger partial charge in [0.15, 0.2) is 0 Å². The van der Waals surface area contributed by atoms with Gasteiger partial charge in [-0.25, -0.2) is 4.68 Å². The van der Waals surface area contributed by atoms with Crippen LogP contribution in [0, 0.1) is 0 Å². The molecule has 0 amide bonds. The smallest absolute Gasteiger partial charge is 0.335 e. The fraction of sp³-hybridized carbons (Fsp3) is 0.286. The quantitative estimate of drug-likeness (QED) is 0.518. The number of tetrazole rings is 1. The first-order chi connectivity index (χ1) is 14.2. The minimum absolute atomic E-state index is 0.266. The van der Waals surface area contributed by atoms with Crippen LogP contribution < -0.4 is 4.74 Å². The van der Waals surface area contributed by atoms with Gasteiger partial charge in [-0.05, 0) is 35.2 Å². The van der Waals surface area contributed by atoms with Gasteiger partial charge < -0.3 is 4.74 Å². The number of nitrogens with zero attached hydrogens (tertiary/aromatic N) is 6. The van der Waals surface area contributed by atoms with Crippen LogP contribution in [0.3, 0.4) is 0 Å². The molecule has 1 atom stereocenters. The molecule has 2 aromatic heterocycles. The van der Waals surface area contributed by atoms with Crippen molar-refractivity contribution in [2.75, 3.05) is 7.11 Å². The van der Waals surface area contributed by atoms with Crippen molar-refractivity contribution in [3.05, 3.63) is 59.9 Å². The molecule has 8 nitrogen and oxygen atoms in total. The zero-order valence-corrected chi connectivity index (χ0v) is 16.7. The Morgan fingerprint density at radius 2 is 1.83 bits per heavy atom. The van der Waals surface area contributed by atoms with Gasteiger partial charge in [-0.2, -0.15) is 10.2 Å². The number of benzene rings is 2. The number of hydrogen-bond acceptors (Lipinski definition) is 6. The van der Waals surface area contributed by atoms with Crippen molar-refractivity contribution < 1.29 is 4.74 Å². The topological polar surface area (TPSA) is 94.4 Å². The third-order valence-electron chi connectivity index (χ3n) is 5.01. The Hall–Kier alpha value is -3.55. The first-order valence-corrected chi connectivity index (χ1v) is 9.61. The lowest BCUT2D eigenvalue weighted by molar-refractivity contribution is 0.367. The summed E-state index contributed by atoms with van der Waals surface area (Å²) in [7, 11) is 1.59. The van der Waals surface area contributed by atoms with Gasteiger partial charge >= 0.3 is 6.01 Å². The molecule has 0 aliphatic heterocycles. The van der Waals surface area contributed by atoms with Crippen LogP contribution in [-0.2, 0) is 6.42 Å². The van der Waals surface area contributed by atoms with Gasteiger partial charge in [0.05, 0.1) is 13.2 Å². The van der Waals surface area contributed by atoms with Crippen molar-refractivity contribution in [2.24, 2.45) is 0 Å². The lowest BCUT2D eigenvalue weighted by Crippen LogP contribution is -2.10. The summed E-state index contributed by atoms with van der Waals surface area (Å²) in [6.07, 6.45) is 1.67. The number of hydrogen-bond donors (Lipinski definition) is 1. The Kier molecular flexibility index (Phi) is 5.33. The Labute approximate surface area is 169 Å². The first-order valence-electron chi connectivity index (χ1n) is 9.61. The molecule has 0 saturated heterocycles. The molecule has 29 heavy (non-hydrogen) atoms. The lowest BCUT2D eigenvalue weighted by Gasteiger charge is -2.12. The summed E-state index contributed by atoms with van der Waals surface area (Å²) in [4.78, 5) is 4.52. The second-order valence-corrected chi connectivity index (χ2v) is 6.87. The molecule has 0 fully saturated rings. The Balaban J connectivity index is 1.61. The molecule has 1 unspecified atom stereocenters. The van der Waals surface area contributed by atoms with Crippen LogP contribution >= 0.6 is 0 Å². The summed E-state index contributed by atoms with van der Waals surface area (Å²) in [6.45, 7) is 4.27. The monoisotopic (exact) mass is 389 g/mol. The molecule has 0 bridgehead atoms. The predicted octanol–water partition coefficient (Wildman–Crippen LogP) is 3.70. The van der Waals surface area contributed by atoms with Crippen LogP contribution in [0.25, 0.3) is 22.5 Å². The van der Waals surface area contributed by atoms with Crippen LogP contribution in [0.2, 0.25) is 0 Å². The largest absolute Gasteiger partial charge is 0.466 e. The van der Waals surface area contributed by atoms with Crippen molar-refractivity contribution in [2.45, 2.75) is 32.7 Å². The summed E-state index contributed by atoms with van der Waals surface area (Å²) in [5.41, 5.74) is 4.25. The molecule has 0 saturated carbocycles. The maximum atomic E-state index is 5.23. The Morgan fingerprint density at radius 3 is 2.48 bits per heavy atom. The third kappa shape index (κ3) is 3.87. The van der Waals surface area contributed by atoms with Gasteiger partial charge in [0.25, 0.3) is 0 Å². The van der Waals surface area contributed by atoms with E-state index in [-0.39, 0.29) is 6.04 Å². The molecule has 8 heteroatoms.